The molecule has 0 aromatic heterocycles. The van der Waals surface area contributed by atoms with Crippen molar-refractivity contribution in [3.05, 3.63) is 65.7 Å². The van der Waals surface area contributed by atoms with E-state index in [0.29, 0.717) is 18.0 Å². The number of carbonyl (C=O) groups is 1. The highest BCUT2D eigenvalue weighted by molar-refractivity contribution is 6.09. The summed E-state index contributed by atoms with van der Waals surface area (Å²) in [6.07, 6.45) is 1.15. The number of carbonyl (C=O) groups excluding carboxylic acids is 1. The second kappa shape index (κ2) is 7.20. The lowest BCUT2D eigenvalue weighted by atomic mass is 9.97. The Balaban J connectivity index is 1.73. The van der Waals surface area contributed by atoms with Gasteiger partial charge in [-0.15, -0.1) is 0 Å². The molecule has 2 aromatic carbocycles. The second-order valence-electron chi connectivity index (χ2n) is 5.89. The van der Waals surface area contributed by atoms with Gasteiger partial charge >= 0.3 is 0 Å². The van der Waals surface area contributed by atoms with Gasteiger partial charge in [0.1, 0.15) is 18.3 Å². The minimum absolute atomic E-state index is 0.0423. The van der Waals surface area contributed by atoms with Crippen LogP contribution in [0.3, 0.4) is 0 Å². The maximum atomic E-state index is 12.5. The van der Waals surface area contributed by atoms with Gasteiger partial charge in [-0.25, -0.2) is 4.99 Å². The Labute approximate surface area is 135 Å². The molecule has 4 heteroatoms. The number of phenols is 1. The van der Waals surface area contributed by atoms with Crippen molar-refractivity contribution < 1.29 is 20.2 Å². The lowest BCUT2D eigenvalue weighted by Gasteiger charge is -2.12. The topological polar surface area (TPSA) is 67.9 Å². The van der Waals surface area contributed by atoms with E-state index < -0.39 is 0 Å². The number of aromatic hydroxyl groups is 1. The molecule has 4 N–H and O–H groups in total. The number of hydrogen-bond donors (Lipinski definition) is 3. The van der Waals surface area contributed by atoms with Crippen LogP contribution in [0.4, 0.5) is 0 Å². The molecule has 0 amide bonds. The summed E-state index contributed by atoms with van der Waals surface area (Å²) in [6.45, 7) is 1.83. The Bertz CT molecular complexity index is 710. The first kappa shape index (κ1) is 15.4. The van der Waals surface area contributed by atoms with Gasteiger partial charge in [-0.2, -0.15) is 0 Å². The Kier molecular flexibility index (Phi) is 4.83. The largest absolute Gasteiger partial charge is 0.507 e. The maximum absolute atomic E-state index is 12.5. The van der Waals surface area contributed by atoms with Gasteiger partial charge in [0.25, 0.3) is 0 Å². The predicted molar refractivity (Wildman–Crippen MR) is 88.5 cm³/mol. The van der Waals surface area contributed by atoms with Crippen molar-refractivity contribution >= 4 is 11.5 Å². The van der Waals surface area contributed by atoms with E-state index >= 15 is 0 Å². The number of quaternary nitrogens is 1. The highest BCUT2D eigenvalue weighted by Crippen LogP contribution is 2.19. The van der Waals surface area contributed by atoms with Crippen LogP contribution in [-0.4, -0.2) is 29.7 Å². The van der Waals surface area contributed by atoms with E-state index in [1.54, 1.807) is 24.3 Å². The van der Waals surface area contributed by atoms with E-state index in [0.717, 1.165) is 25.2 Å². The number of hydrogen-bond acceptors (Lipinski definition) is 2. The molecular formula is C19H22N2O2+2. The number of nitrogens with one attached hydrogen (secondary N) is 1. The van der Waals surface area contributed by atoms with Crippen molar-refractivity contribution in [2.45, 2.75) is 18.9 Å². The molecular weight excluding hydrogens is 288 g/mol. The predicted octanol–water partition coefficient (Wildman–Crippen LogP) is 0.195. The van der Waals surface area contributed by atoms with Crippen molar-refractivity contribution in [2.75, 3.05) is 13.1 Å². The summed E-state index contributed by atoms with van der Waals surface area (Å²) in [6, 6.07) is 17.5. The van der Waals surface area contributed by atoms with Gasteiger partial charge in [-0.3, -0.25) is 4.79 Å². The molecule has 0 saturated heterocycles. The van der Waals surface area contributed by atoms with Crippen LogP contribution in [0.2, 0.25) is 0 Å². The van der Waals surface area contributed by atoms with Crippen molar-refractivity contribution in [2.24, 2.45) is 0 Å². The Morgan fingerprint density at radius 2 is 1.87 bits per heavy atom. The highest BCUT2D eigenvalue weighted by atomic mass is 16.3. The molecule has 0 aliphatic carbocycles. The summed E-state index contributed by atoms with van der Waals surface area (Å²) < 4.78 is 0. The number of nitrogens with two attached hydrogens (primary N) is 1. The fraction of sp³-hybridized carbons (Fsp3) is 0.263. The van der Waals surface area contributed by atoms with Crippen LogP contribution in [0.15, 0.2) is 54.6 Å². The van der Waals surface area contributed by atoms with E-state index in [1.807, 2.05) is 18.2 Å². The summed E-state index contributed by atoms with van der Waals surface area (Å²) in [5, 5.41) is 12.2. The smallest absolute Gasteiger partial charge is 0.189 e. The van der Waals surface area contributed by atoms with Crippen molar-refractivity contribution in [3.63, 3.8) is 0 Å². The molecule has 1 aliphatic rings. The summed E-state index contributed by atoms with van der Waals surface area (Å²) in [5.41, 5.74) is 2.72. The zero-order valence-corrected chi connectivity index (χ0v) is 13.0. The quantitative estimate of drug-likeness (QED) is 0.706. The SMILES string of the molecule is O=C(CC1=[NH+]CC[NH2+][C@@H](c2ccccc2)C1)c1ccccc1O. The molecule has 0 radical (unpaired) electrons. The van der Waals surface area contributed by atoms with E-state index in [4.69, 9.17) is 0 Å². The van der Waals surface area contributed by atoms with Crippen LogP contribution in [0.25, 0.3) is 0 Å². The van der Waals surface area contributed by atoms with Crippen LogP contribution >= 0.6 is 0 Å². The number of rotatable bonds is 4. The molecule has 0 fully saturated rings. The van der Waals surface area contributed by atoms with E-state index in [-0.39, 0.29) is 11.5 Å². The van der Waals surface area contributed by atoms with Gasteiger partial charge in [-0.1, -0.05) is 42.5 Å². The van der Waals surface area contributed by atoms with E-state index in [2.05, 4.69) is 22.4 Å². The number of Topliss-reactive ketones (excluding diaryl/α,β-unsaturated/α-hetero) is 1. The van der Waals surface area contributed by atoms with Crippen molar-refractivity contribution in [1.82, 2.24) is 0 Å². The third kappa shape index (κ3) is 3.85. The molecule has 4 nitrogen and oxygen atoms in total. The third-order valence-corrected chi connectivity index (χ3v) is 4.24. The average Bonchev–Trinajstić information content (AvgIpc) is 2.81. The lowest BCUT2D eigenvalue weighted by Crippen LogP contribution is -2.88. The number of phenolic OH excluding ortho intramolecular Hbond substituents is 1. The van der Waals surface area contributed by atoms with Gasteiger partial charge < -0.3 is 10.4 Å². The number of ketones is 1. The molecule has 0 spiro atoms. The van der Waals surface area contributed by atoms with E-state index in [9.17, 15) is 9.90 Å². The molecule has 23 heavy (non-hydrogen) atoms. The average molecular weight is 310 g/mol. The minimum atomic E-state index is -0.0423. The third-order valence-electron chi connectivity index (χ3n) is 4.24. The molecule has 118 valence electrons. The lowest BCUT2D eigenvalue weighted by molar-refractivity contribution is -0.705. The molecule has 0 unspecified atom stereocenters. The normalized spacial score (nSPS) is 18.1. The Hall–Kier alpha value is -2.46. The monoisotopic (exact) mass is 310 g/mol. The first-order valence-electron chi connectivity index (χ1n) is 8.02. The van der Waals surface area contributed by atoms with Gasteiger partial charge in [0.15, 0.2) is 18.0 Å². The fourth-order valence-corrected chi connectivity index (χ4v) is 3.04. The van der Waals surface area contributed by atoms with Crippen LogP contribution in [0, 0.1) is 0 Å². The first-order valence-corrected chi connectivity index (χ1v) is 8.02. The van der Waals surface area contributed by atoms with Crippen LogP contribution in [-0.2, 0) is 0 Å². The molecule has 0 saturated carbocycles. The molecule has 2 aromatic rings. The number of benzene rings is 2. The number of para-hydroxylation sites is 1. The second-order valence-corrected chi connectivity index (χ2v) is 5.89. The fourth-order valence-electron chi connectivity index (χ4n) is 3.04. The molecule has 1 aliphatic heterocycles. The summed E-state index contributed by atoms with van der Waals surface area (Å²) in [7, 11) is 0. The molecule has 1 heterocycles. The van der Waals surface area contributed by atoms with Gasteiger partial charge in [-0.05, 0) is 12.1 Å². The van der Waals surface area contributed by atoms with Crippen LogP contribution in [0.5, 0.6) is 5.75 Å². The maximum Gasteiger partial charge on any atom is 0.189 e. The highest BCUT2D eigenvalue weighted by Gasteiger charge is 2.26. The molecule has 1 atom stereocenters. The summed E-state index contributed by atoms with van der Waals surface area (Å²) in [5.74, 6) is 0.0113. The summed E-state index contributed by atoms with van der Waals surface area (Å²) >= 11 is 0. The standard InChI is InChI=1S/C19H20N2O2/c22-18-9-5-4-8-16(18)19(23)13-15-12-17(21-11-10-20-15)14-6-2-1-3-7-14/h1-9,17,21-22H,10-13H2/p+2/t17-/m1/s1. The Morgan fingerprint density at radius 3 is 2.65 bits per heavy atom. The van der Waals surface area contributed by atoms with Crippen LogP contribution in [0.1, 0.15) is 34.8 Å². The van der Waals surface area contributed by atoms with Crippen LogP contribution < -0.4 is 10.3 Å². The van der Waals surface area contributed by atoms with Crippen molar-refractivity contribution in [1.29, 1.82) is 0 Å². The summed E-state index contributed by atoms with van der Waals surface area (Å²) in [4.78, 5) is 15.8. The minimum Gasteiger partial charge on any atom is -0.507 e. The van der Waals surface area contributed by atoms with E-state index in [1.165, 1.54) is 5.56 Å². The molecule has 3 rings (SSSR count). The van der Waals surface area contributed by atoms with Crippen molar-refractivity contribution in [3.8, 4) is 5.75 Å². The van der Waals surface area contributed by atoms with Gasteiger partial charge in [0, 0.05) is 5.56 Å². The Morgan fingerprint density at radius 1 is 1.13 bits per heavy atom. The molecule has 0 bridgehead atoms. The van der Waals surface area contributed by atoms with Gasteiger partial charge in [0.05, 0.1) is 18.4 Å². The van der Waals surface area contributed by atoms with Gasteiger partial charge in [0.2, 0.25) is 0 Å². The zero-order chi connectivity index (χ0) is 16.1. The zero-order valence-electron chi connectivity index (χ0n) is 13.0. The first-order chi connectivity index (χ1) is 11.2.